The van der Waals surface area contributed by atoms with Crippen molar-refractivity contribution in [3.63, 3.8) is 0 Å². The summed E-state index contributed by atoms with van der Waals surface area (Å²) in [6.07, 6.45) is -0.601. The Balaban J connectivity index is 2.12. The average Bonchev–Trinajstić information content (AvgIpc) is 2.44. The van der Waals surface area contributed by atoms with E-state index < -0.39 is 29.5 Å². The number of aromatic nitrogens is 2. The van der Waals surface area contributed by atoms with Gasteiger partial charge in [0.05, 0.1) is 23.8 Å². The third-order valence-electron chi connectivity index (χ3n) is 3.37. The lowest BCUT2D eigenvalue weighted by Crippen LogP contribution is -2.49. The van der Waals surface area contributed by atoms with E-state index in [1.54, 1.807) is 20.8 Å². The van der Waals surface area contributed by atoms with Gasteiger partial charge in [0, 0.05) is 6.54 Å². The highest BCUT2D eigenvalue weighted by Gasteiger charge is 2.36. The van der Waals surface area contributed by atoms with Crippen LogP contribution in [-0.4, -0.2) is 45.6 Å². The molecule has 2 heterocycles. The predicted molar refractivity (Wildman–Crippen MR) is 84.9 cm³/mol. The molecule has 0 radical (unpaired) electrons. The highest BCUT2D eigenvalue weighted by molar-refractivity contribution is 6.41. The Morgan fingerprint density at radius 1 is 1.43 bits per heavy atom. The zero-order valence-electron chi connectivity index (χ0n) is 13.1. The van der Waals surface area contributed by atoms with Crippen molar-refractivity contribution in [1.82, 2.24) is 14.7 Å². The summed E-state index contributed by atoms with van der Waals surface area (Å²) >= 11 is 11.5. The third-order valence-corrected chi connectivity index (χ3v) is 4.12. The van der Waals surface area contributed by atoms with Crippen LogP contribution in [0.25, 0.3) is 0 Å². The summed E-state index contributed by atoms with van der Waals surface area (Å²) < 4.78 is 20.7. The molecule has 1 aromatic rings. The second kappa shape index (κ2) is 6.65. The topological polar surface area (TPSA) is 64.4 Å². The summed E-state index contributed by atoms with van der Waals surface area (Å²) in [5.41, 5.74) is -1.29. The summed E-state index contributed by atoms with van der Waals surface area (Å²) in [6, 6.07) is -0.795. The number of rotatable bonds is 1. The second-order valence-corrected chi connectivity index (χ2v) is 7.14. The number of nitrogens with zero attached hydrogens (tertiary/aromatic N) is 3. The lowest BCUT2D eigenvalue weighted by molar-refractivity contribution is 0.00534. The predicted octanol–water partition coefficient (Wildman–Crippen LogP) is 3.07. The molecule has 23 heavy (non-hydrogen) atoms. The average molecular weight is 366 g/mol. The van der Waals surface area contributed by atoms with E-state index in [2.05, 4.69) is 5.10 Å². The summed E-state index contributed by atoms with van der Waals surface area (Å²) in [6.45, 7) is 5.31. The minimum atomic E-state index is -1.46. The van der Waals surface area contributed by atoms with Crippen molar-refractivity contribution in [3.05, 3.63) is 26.6 Å². The van der Waals surface area contributed by atoms with Crippen molar-refractivity contribution in [1.29, 1.82) is 0 Å². The van der Waals surface area contributed by atoms with E-state index in [4.69, 9.17) is 27.9 Å². The fourth-order valence-electron chi connectivity index (χ4n) is 2.32. The number of halogens is 3. The van der Waals surface area contributed by atoms with Crippen molar-refractivity contribution in [2.24, 2.45) is 0 Å². The van der Waals surface area contributed by atoms with E-state index >= 15 is 0 Å². The van der Waals surface area contributed by atoms with Gasteiger partial charge >= 0.3 is 6.09 Å². The Bertz CT molecular complexity index is 660. The summed E-state index contributed by atoms with van der Waals surface area (Å²) in [4.78, 5) is 25.3. The number of likely N-dealkylation sites (tertiary alicyclic amines) is 1. The van der Waals surface area contributed by atoms with E-state index in [1.165, 1.54) is 11.1 Å². The molecule has 0 aromatic carbocycles. The molecule has 2 atom stereocenters. The largest absolute Gasteiger partial charge is 0.444 e. The summed E-state index contributed by atoms with van der Waals surface area (Å²) in [7, 11) is 0. The molecule has 0 spiro atoms. The van der Waals surface area contributed by atoms with Crippen LogP contribution in [0.2, 0.25) is 10.0 Å². The fraction of sp³-hybridized carbons (Fsp3) is 0.643. The van der Waals surface area contributed by atoms with Crippen molar-refractivity contribution in [2.75, 3.05) is 13.1 Å². The molecule has 1 aliphatic rings. The Kier molecular flexibility index (Phi) is 5.20. The zero-order chi connectivity index (χ0) is 17.4. The molecule has 1 aliphatic heterocycles. The molecule has 9 heteroatoms. The molecular formula is C14H18Cl2FN3O3. The number of amides is 1. The molecule has 128 valence electrons. The van der Waals surface area contributed by atoms with E-state index in [1.807, 2.05) is 0 Å². The maximum absolute atomic E-state index is 14.5. The number of hydrogen-bond donors (Lipinski definition) is 0. The lowest BCUT2D eigenvalue weighted by Gasteiger charge is -2.35. The van der Waals surface area contributed by atoms with Gasteiger partial charge in [-0.25, -0.2) is 13.9 Å². The highest BCUT2D eigenvalue weighted by atomic mass is 35.5. The van der Waals surface area contributed by atoms with E-state index in [0.717, 1.165) is 4.68 Å². The molecule has 0 saturated carbocycles. The zero-order valence-corrected chi connectivity index (χ0v) is 14.6. The normalized spacial score (nSPS) is 22.1. The summed E-state index contributed by atoms with van der Waals surface area (Å²) in [5.74, 6) is 0. The van der Waals surface area contributed by atoms with Gasteiger partial charge in [0.2, 0.25) is 0 Å². The van der Waals surface area contributed by atoms with Crippen LogP contribution in [0.1, 0.15) is 33.2 Å². The van der Waals surface area contributed by atoms with Crippen LogP contribution in [0.4, 0.5) is 9.18 Å². The van der Waals surface area contributed by atoms with Crippen molar-refractivity contribution >= 4 is 29.3 Å². The summed E-state index contributed by atoms with van der Waals surface area (Å²) in [5, 5.41) is 3.69. The first-order valence-electron chi connectivity index (χ1n) is 7.15. The molecular weight excluding hydrogens is 348 g/mol. The van der Waals surface area contributed by atoms with Crippen LogP contribution < -0.4 is 5.56 Å². The van der Waals surface area contributed by atoms with Crippen molar-refractivity contribution in [2.45, 2.75) is 45.0 Å². The van der Waals surface area contributed by atoms with Gasteiger partial charge in [-0.2, -0.15) is 5.10 Å². The van der Waals surface area contributed by atoms with E-state index in [0.29, 0.717) is 0 Å². The fourth-order valence-corrected chi connectivity index (χ4v) is 2.58. The molecule has 1 aromatic heterocycles. The molecule has 1 saturated heterocycles. The molecule has 0 unspecified atom stereocenters. The van der Waals surface area contributed by atoms with Crippen molar-refractivity contribution in [3.8, 4) is 0 Å². The maximum atomic E-state index is 14.5. The van der Waals surface area contributed by atoms with Gasteiger partial charge in [-0.3, -0.25) is 4.79 Å². The van der Waals surface area contributed by atoms with Gasteiger partial charge < -0.3 is 9.64 Å². The number of hydrogen-bond acceptors (Lipinski definition) is 4. The van der Waals surface area contributed by atoms with Gasteiger partial charge in [0.25, 0.3) is 5.56 Å². The number of carbonyl (C=O) groups is 1. The minimum Gasteiger partial charge on any atom is -0.444 e. The minimum absolute atomic E-state index is 0.0227. The standard InChI is InChI=1S/C14H18Cl2FN3O3/c1-14(2,3)23-13(22)19-5-4-10(9(17)7-19)20-12(21)11(16)8(15)6-18-20/h6,9-10H,4-5,7H2,1-3H3/t9-,10+/m1/s1. The Labute approximate surface area is 143 Å². The van der Waals surface area contributed by atoms with Gasteiger partial charge in [-0.1, -0.05) is 23.2 Å². The number of alkyl halides is 1. The molecule has 1 amide bonds. The first-order valence-corrected chi connectivity index (χ1v) is 7.90. The van der Waals surface area contributed by atoms with Crippen LogP contribution in [0.3, 0.4) is 0 Å². The van der Waals surface area contributed by atoms with Crippen LogP contribution in [0, 0.1) is 0 Å². The maximum Gasteiger partial charge on any atom is 0.410 e. The van der Waals surface area contributed by atoms with E-state index in [-0.39, 0.29) is 29.6 Å². The lowest BCUT2D eigenvalue weighted by atomic mass is 10.0. The molecule has 0 N–H and O–H groups in total. The van der Waals surface area contributed by atoms with Crippen molar-refractivity contribution < 1.29 is 13.9 Å². The van der Waals surface area contributed by atoms with E-state index in [9.17, 15) is 14.0 Å². The van der Waals surface area contributed by atoms with Gasteiger partial charge in [0.1, 0.15) is 16.8 Å². The second-order valence-electron chi connectivity index (χ2n) is 6.35. The van der Waals surface area contributed by atoms with Crippen LogP contribution in [0.15, 0.2) is 11.0 Å². The monoisotopic (exact) mass is 365 g/mol. The molecule has 6 nitrogen and oxygen atoms in total. The van der Waals surface area contributed by atoms with Gasteiger partial charge in [-0.05, 0) is 27.2 Å². The van der Waals surface area contributed by atoms with Crippen LogP contribution in [0.5, 0.6) is 0 Å². The quantitative estimate of drug-likeness (QED) is 0.766. The SMILES string of the molecule is CC(C)(C)OC(=O)N1CC[C@H](n2ncc(Cl)c(Cl)c2=O)[C@H](F)C1. The Morgan fingerprint density at radius 2 is 2.09 bits per heavy atom. The number of piperidine rings is 1. The van der Waals surface area contributed by atoms with Crippen LogP contribution in [-0.2, 0) is 4.74 Å². The van der Waals surface area contributed by atoms with Gasteiger partial charge in [0.15, 0.2) is 0 Å². The van der Waals surface area contributed by atoms with Gasteiger partial charge in [-0.15, -0.1) is 0 Å². The third kappa shape index (κ3) is 4.14. The van der Waals surface area contributed by atoms with Crippen LogP contribution >= 0.6 is 23.2 Å². The smallest absolute Gasteiger partial charge is 0.410 e. The number of ether oxygens (including phenoxy) is 1. The number of carbonyl (C=O) groups excluding carboxylic acids is 1. The first-order chi connectivity index (χ1) is 10.6. The Morgan fingerprint density at radius 3 is 2.65 bits per heavy atom. The molecule has 0 aliphatic carbocycles. The Hall–Kier alpha value is -1.34. The first kappa shape index (κ1) is 18.0. The highest BCUT2D eigenvalue weighted by Crippen LogP contribution is 2.26. The molecule has 2 rings (SSSR count). The molecule has 1 fully saturated rings. The molecule has 0 bridgehead atoms.